The number of nitrogens with zero attached hydrogens (tertiary/aromatic N) is 1. The minimum atomic E-state index is 0.453. The van der Waals surface area contributed by atoms with Gasteiger partial charge in [-0.2, -0.15) is 0 Å². The number of rotatable bonds is 2. The topological polar surface area (TPSA) is 24.5 Å². The Labute approximate surface area is 98.5 Å². The smallest absolute Gasteiger partial charge is 0.0703 e. The zero-order chi connectivity index (χ0) is 11.1. The number of hydrogen-bond donors (Lipinski definition) is 1. The third-order valence-corrected chi connectivity index (χ3v) is 4.92. The summed E-state index contributed by atoms with van der Waals surface area (Å²) in [6.45, 7) is 3.22. The first kappa shape index (κ1) is 11.0. The van der Waals surface area contributed by atoms with Gasteiger partial charge in [0.1, 0.15) is 0 Å². The van der Waals surface area contributed by atoms with Crippen molar-refractivity contribution in [3.63, 3.8) is 0 Å². The minimum Gasteiger partial charge on any atom is -0.377 e. The van der Waals surface area contributed by atoms with E-state index in [9.17, 15) is 0 Å². The molecule has 4 atom stereocenters. The molecule has 0 amide bonds. The molecule has 3 saturated heterocycles. The molecule has 0 saturated carbocycles. The minimum absolute atomic E-state index is 0.453. The molecule has 0 radical (unpaired) electrons. The van der Waals surface area contributed by atoms with E-state index in [4.69, 9.17) is 4.74 Å². The van der Waals surface area contributed by atoms with Crippen molar-refractivity contribution in [3.8, 4) is 0 Å². The maximum absolute atomic E-state index is 5.74. The fourth-order valence-electron chi connectivity index (χ4n) is 4.10. The predicted molar refractivity (Wildman–Crippen MR) is 64.5 cm³/mol. The summed E-state index contributed by atoms with van der Waals surface area (Å²) in [5, 5.41) is 3.47. The number of nitrogens with one attached hydrogen (secondary N) is 1. The lowest BCUT2D eigenvalue weighted by Crippen LogP contribution is -2.54. The van der Waals surface area contributed by atoms with Gasteiger partial charge in [0.25, 0.3) is 0 Å². The van der Waals surface area contributed by atoms with E-state index < -0.39 is 0 Å². The molecule has 0 aliphatic carbocycles. The highest BCUT2D eigenvalue weighted by molar-refractivity contribution is 5.01. The third kappa shape index (κ3) is 1.69. The standard InChI is InChI=1S/C13H24N2O/c1-9-13(5-6-16-9)15-11-3-4-12(15)8-10(7-11)14-2/h9-14H,3-8H2,1-2H3. The molecule has 92 valence electrons. The molecule has 1 N–H and O–H groups in total. The molecule has 3 rings (SSSR count). The summed E-state index contributed by atoms with van der Waals surface area (Å²) in [6.07, 6.45) is 7.21. The molecule has 16 heavy (non-hydrogen) atoms. The number of ether oxygens (including phenoxy) is 1. The Morgan fingerprint density at radius 3 is 2.31 bits per heavy atom. The maximum Gasteiger partial charge on any atom is 0.0703 e. The van der Waals surface area contributed by atoms with Gasteiger partial charge >= 0.3 is 0 Å². The summed E-state index contributed by atoms with van der Waals surface area (Å²) in [4.78, 5) is 2.81. The monoisotopic (exact) mass is 224 g/mol. The van der Waals surface area contributed by atoms with Crippen molar-refractivity contribution in [2.24, 2.45) is 0 Å². The maximum atomic E-state index is 5.74. The Morgan fingerprint density at radius 2 is 1.81 bits per heavy atom. The predicted octanol–water partition coefficient (Wildman–Crippen LogP) is 1.38. The average Bonchev–Trinajstić information content (AvgIpc) is 2.79. The van der Waals surface area contributed by atoms with Crippen molar-refractivity contribution in [2.45, 2.75) is 69.3 Å². The van der Waals surface area contributed by atoms with Crippen LogP contribution >= 0.6 is 0 Å². The molecule has 4 unspecified atom stereocenters. The molecule has 2 bridgehead atoms. The van der Waals surface area contributed by atoms with Crippen LogP contribution in [0.1, 0.15) is 39.0 Å². The number of fused-ring (bicyclic) bond motifs is 2. The van der Waals surface area contributed by atoms with E-state index >= 15 is 0 Å². The van der Waals surface area contributed by atoms with Crippen molar-refractivity contribution >= 4 is 0 Å². The first-order valence-electron chi connectivity index (χ1n) is 6.86. The van der Waals surface area contributed by atoms with Gasteiger partial charge in [0.15, 0.2) is 0 Å². The summed E-state index contributed by atoms with van der Waals surface area (Å²) >= 11 is 0. The Balaban J connectivity index is 1.73. The van der Waals surface area contributed by atoms with Crippen molar-refractivity contribution in [1.29, 1.82) is 0 Å². The molecule has 3 aliphatic rings. The van der Waals surface area contributed by atoms with Crippen LogP contribution in [0.3, 0.4) is 0 Å². The zero-order valence-electron chi connectivity index (χ0n) is 10.5. The molecule has 3 heteroatoms. The summed E-state index contributed by atoms with van der Waals surface area (Å²) in [7, 11) is 2.11. The number of hydrogen-bond acceptors (Lipinski definition) is 3. The van der Waals surface area contributed by atoms with Crippen LogP contribution in [0.15, 0.2) is 0 Å². The fourth-order valence-corrected chi connectivity index (χ4v) is 4.10. The highest BCUT2D eigenvalue weighted by Crippen LogP contribution is 2.39. The van der Waals surface area contributed by atoms with E-state index in [2.05, 4.69) is 24.2 Å². The van der Waals surface area contributed by atoms with Gasteiger partial charge in [-0.25, -0.2) is 0 Å². The second-order valence-electron chi connectivity index (χ2n) is 5.72. The molecule has 3 fully saturated rings. The molecular weight excluding hydrogens is 200 g/mol. The fraction of sp³-hybridized carbons (Fsp3) is 1.00. The largest absolute Gasteiger partial charge is 0.377 e. The molecule has 3 nitrogen and oxygen atoms in total. The van der Waals surface area contributed by atoms with E-state index in [-0.39, 0.29) is 0 Å². The Hall–Kier alpha value is -0.120. The van der Waals surface area contributed by atoms with Crippen LogP contribution in [0.5, 0.6) is 0 Å². The van der Waals surface area contributed by atoms with E-state index in [0.717, 1.165) is 24.7 Å². The molecular formula is C13H24N2O. The van der Waals surface area contributed by atoms with Crippen molar-refractivity contribution < 1.29 is 4.74 Å². The first-order chi connectivity index (χ1) is 7.79. The van der Waals surface area contributed by atoms with Crippen LogP contribution in [0.25, 0.3) is 0 Å². The summed E-state index contributed by atoms with van der Waals surface area (Å²) in [5.41, 5.74) is 0. The normalized spacial score (nSPS) is 48.8. The van der Waals surface area contributed by atoms with Gasteiger partial charge in [-0.05, 0) is 46.1 Å². The molecule has 0 spiro atoms. The van der Waals surface area contributed by atoms with Gasteiger partial charge in [-0.3, -0.25) is 4.90 Å². The lowest BCUT2D eigenvalue weighted by atomic mass is 9.94. The number of piperidine rings is 1. The van der Waals surface area contributed by atoms with Crippen molar-refractivity contribution in [3.05, 3.63) is 0 Å². The highest BCUT2D eigenvalue weighted by Gasteiger charge is 2.46. The van der Waals surface area contributed by atoms with Crippen molar-refractivity contribution in [1.82, 2.24) is 10.2 Å². The third-order valence-electron chi connectivity index (χ3n) is 4.92. The van der Waals surface area contributed by atoms with Gasteiger partial charge in [0.2, 0.25) is 0 Å². The molecule has 0 aromatic carbocycles. The van der Waals surface area contributed by atoms with E-state index in [1.807, 2.05) is 0 Å². The van der Waals surface area contributed by atoms with Crippen LogP contribution in [0, 0.1) is 0 Å². The lowest BCUT2D eigenvalue weighted by molar-refractivity contribution is 0.0250. The van der Waals surface area contributed by atoms with Gasteiger partial charge in [0, 0.05) is 30.8 Å². The first-order valence-corrected chi connectivity index (χ1v) is 6.86. The van der Waals surface area contributed by atoms with E-state index in [1.54, 1.807) is 0 Å². The van der Waals surface area contributed by atoms with Crippen LogP contribution in [-0.2, 0) is 4.74 Å². The van der Waals surface area contributed by atoms with Crippen LogP contribution in [0.4, 0.5) is 0 Å². The summed E-state index contributed by atoms with van der Waals surface area (Å²) < 4.78 is 5.74. The van der Waals surface area contributed by atoms with E-state index in [1.165, 1.54) is 32.1 Å². The van der Waals surface area contributed by atoms with Crippen LogP contribution in [-0.4, -0.2) is 48.8 Å². The van der Waals surface area contributed by atoms with E-state index in [0.29, 0.717) is 12.1 Å². The summed E-state index contributed by atoms with van der Waals surface area (Å²) in [6, 6.07) is 3.11. The van der Waals surface area contributed by atoms with Crippen molar-refractivity contribution in [2.75, 3.05) is 13.7 Å². The highest BCUT2D eigenvalue weighted by atomic mass is 16.5. The van der Waals surface area contributed by atoms with Crippen LogP contribution in [0.2, 0.25) is 0 Å². The van der Waals surface area contributed by atoms with Gasteiger partial charge in [0.05, 0.1) is 6.10 Å². The second-order valence-corrected chi connectivity index (χ2v) is 5.72. The SMILES string of the molecule is CNC1CC2CCC(C1)N2C1CCOC1C. The molecule has 3 heterocycles. The zero-order valence-corrected chi connectivity index (χ0v) is 10.5. The van der Waals surface area contributed by atoms with Gasteiger partial charge < -0.3 is 10.1 Å². The lowest BCUT2D eigenvalue weighted by Gasteiger charge is -2.43. The van der Waals surface area contributed by atoms with Crippen LogP contribution < -0.4 is 5.32 Å². The molecule has 3 aliphatic heterocycles. The quantitative estimate of drug-likeness (QED) is 0.767. The molecule has 0 aromatic heterocycles. The Kier molecular flexibility index (Phi) is 2.94. The Morgan fingerprint density at radius 1 is 1.12 bits per heavy atom. The average molecular weight is 224 g/mol. The summed E-state index contributed by atoms with van der Waals surface area (Å²) in [5.74, 6) is 0. The van der Waals surface area contributed by atoms with Gasteiger partial charge in [-0.1, -0.05) is 0 Å². The second kappa shape index (κ2) is 4.28. The Bertz CT molecular complexity index is 244. The molecule has 0 aromatic rings. The van der Waals surface area contributed by atoms with Gasteiger partial charge in [-0.15, -0.1) is 0 Å².